The van der Waals surface area contributed by atoms with E-state index in [-0.39, 0.29) is 38.5 Å². The average molecular weight is 293 g/mol. The van der Waals surface area contributed by atoms with Crippen LogP contribution in [0.1, 0.15) is 6.92 Å². The molecule has 0 saturated carbocycles. The summed E-state index contributed by atoms with van der Waals surface area (Å²) in [5, 5.41) is 17.3. The molecule has 6 heteroatoms. The number of halogens is 1. The summed E-state index contributed by atoms with van der Waals surface area (Å²) in [7, 11) is 0. The van der Waals surface area contributed by atoms with Gasteiger partial charge in [0.25, 0.3) is 0 Å². The molecule has 0 unspecified atom stereocenters. The Morgan fingerprint density at radius 1 is 1.31 bits per heavy atom. The molecule has 0 aromatic heterocycles. The van der Waals surface area contributed by atoms with E-state index in [1.54, 1.807) is 12.1 Å². The minimum absolute atomic E-state index is 0. The Labute approximate surface area is 114 Å². The van der Waals surface area contributed by atoms with Gasteiger partial charge in [0.05, 0.1) is 6.61 Å². The first-order valence-corrected chi connectivity index (χ1v) is 4.62. The molecule has 1 N–H and O–H groups in total. The number of aliphatic hydroxyl groups is 1. The molecule has 0 bridgehead atoms. The Bertz CT molecular complexity index is 326. The number of hydrogen-bond acceptors (Lipinski definition) is 3. The summed E-state index contributed by atoms with van der Waals surface area (Å²) in [5.74, 6) is 0. The zero-order chi connectivity index (χ0) is 10.4. The van der Waals surface area contributed by atoms with Crippen LogP contribution in [0.5, 0.6) is 0 Å². The van der Waals surface area contributed by atoms with Crippen molar-refractivity contribution in [2.75, 3.05) is 24.6 Å². The molecule has 0 amide bonds. The van der Waals surface area contributed by atoms with Gasteiger partial charge in [-0.3, -0.25) is 0 Å². The molecular weight excluding hydrogens is 279 g/mol. The van der Waals surface area contributed by atoms with Gasteiger partial charge in [-0.2, -0.15) is 0 Å². The van der Waals surface area contributed by atoms with E-state index in [2.05, 4.69) is 4.98 Å². The van der Waals surface area contributed by atoms with E-state index in [0.717, 1.165) is 12.2 Å². The van der Waals surface area contributed by atoms with Crippen molar-refractivity contribution in [1.29, 1.82) is 5.39 Å². The predicted octanol–water partition coefficient (Wildman–Crippen LogP) is -1.01. The molecule has 0 aliphatic rings. The van der Waals surface area contributed by atoms with Gasteiger partial charge in [0, 0.05) is 30.9 Å². The van der Waals surface area contributed by atoms with Gasteiger partial charge in [-0.1, -0.05) is 0 Å². The van der Waals surface area contributed by atoms with Crippen LogP contribution >= 0.6 is 0 Å². The summed E-state index contributed by atoms with van der Waals surface area (Å²) in [6.07, 6.45) is 0. The minimum atomic E-state index is 0. The van der Waals surface area contributed by atoms with Crippen molar-refractivity contribution in [2.45, 2.75) is 6.92 Å². The minimum Gasteiger partial charge on any atom is -1.00 e. The maximum absolute atomic E-state index is 8.83. The van der Waals surface area contributed by atoms with E-state index in [4.69, 9.17) is 10.5 Å². The molecule has 0 aliphatic carbocycles. The largest absolute Gasteiger partial charge is 2.00 e. The fourth-order valence-electron chi connectivity index (χ4n) is 1.32. The standard InChI is InChI=1S/C10H14N3O.ClH.Zn/c1-2-13(7-8-14)10-5-3-9(12-11)4-6-10;;/h3-6,14H,2,7-8H2,1H3;1H;/q+1;;+2/p-1. The second-order valence-corrected chi connectivity index (χ2v) is 2.92. The fraction of sp³-hybridized carbons (Fsp3) is 0.400. The monoisotopic (exact) mass is 291 g/mol. The molecule has 0 atom stereocenters. The molecule has 0 radical (unpaired) electrons. The number of anilines is 1. The van der Waals surface area contributed by atoms with Crippen LogP contribution < -0.4 is 17.3 Å². The topological polar surface area (TPSA) is 51.6 Å². The molecular formula is C10H14ClN3OZn+2. The third-order valence-electron chi connectivity index (χ3n) is 2.08. The van der Waals surface area contributed by atoms with Crippen LogP contribution in [0.3, 0.4) is 0 Å². The third kappa shape index (κ3) is 4.89. The summed E-state index contributed by atoms with van der Waals surface area (Å²) in [5.41, 5.74) is 1.56. The van der Waals surface area contributed by atoms with Crippen LogP contribution in [0.25, 0.3) is 4.98 Å². The van der Waals surface area contributed by atoms with Crippen LogP contribution in [-0.4, -0.2) is 24.8 Å². The molecule has 1 aromatic carbocycles. The molecule has 82 valence electrons. The van der Waals surface area contributed by atoms with E-state index < -0.39 is 0 Å². The van der Waals surface area contributed by atoms with E-state index in [9.17, 15) is 0 Å². The number of hydrogen-bond donors (Lipinski definition) is 1. The van der Waals surface area contributed by atoms with Crippen molar-refractivity contribution in [3.8, 4) is 0 Å². The number of nitrogens with zero attached hydrogens (tertiary/aromatic N) is 3. The van der Waals surface area contributed by atoms with Gasteiger partial charge in [0.15, 0.2) is 4.98 Å². The van der Waals surface area contributed by atoms with E-state index in [0.29, 0.717) is 12.2 Å². The third-order valence-corrected chi connectivity index (χ3v) is 2.08. The van der Waals surface area contributed by atoms with Gasteiger partial charge in [0.2, 0.25) is 5.39 Å². The average Bonchev–Trinajstić information content (AvgIpc) is 2.26. The summed E-state index contributed by atoms with van der Waals surface area (Å²) < 4.78 is 0. The number of likely N-dealkylation sites (N-methyl/N-ethyl adjacent to an activating group) is 1. The molecule has 16 heavy (non-hydrogen) atoms. The van der Waals surface area contributed by atoms with E-state index in [1.165, 1.54) is 0 Å². The van der Waals surface area contributed by atoms with Gasteiger partial charge in [0.1, 0.15) is 0 Å². The van der Waals surface area contributed by atoms with Crippen LogP contribution in [0.4, 0.5) is 11.4 Å². The maximum atomic E-state index is 8.83. The van der Waals surface area contributed by atoms with Gasteiger partial charge < -0.3 is 22.4 Å². The first-order valence-electron chi connectivity index (χ1n) is 4.62. The van der Waals surface area contributed by atoms with Crippen LogP contribution in [0, 0.1) is 5.39 Å². The maximum Gasteiger partial charge on any atom is 2.00 e. The number of aliphatic hydroxyl groups excluding tert-OH is 1. The van der Waals surface area contributed by atoms with Crippen LogP contribution in [0.15, 0.2) is 24.3 Å². The Hall–Kier alpha value is -0.687. The normalized spacial score (nSPS) is 8.31. The summed E-state index contributed by atoms with van der Waals surface area (Å²) >= 11 is 0. The summed E-state index contributed by atoms with van der Waals surface area (Å²) in [6, 6.07) is 7.20. The number of rotatable bonds is 4. The molecule has 4 nitrogen and oxygen atoms in total. The number of diazo groups is 1. The van der Waals surface area contributed by atoms with Gasteiger partial charge in [-0.25, -0.2) is 0 Å². The quantitative estimate of drug-likeness (QED) is 0.572. The Morgan fingerprint density at radius 3 is 2.25 bits per heavy atom. The molecule has 0 heterocycles. The summed E-state index contributed by atoms with van der Waals surface area (Å²) in [4.78, 5) is 5.12. The van der Waals surface area contributed by atoms with Gasteiger partial charge in [-0.05, 0) is 19.1 Å². The first-order chi connectivity index (χ1) is 6.81. The van der Waals surface area contributed by atoms with E-state index in [1.807, 2.05) is 24.0 Å². The van der Waals surface area contributed by atoms with Crippen LogP contribution in [-0.2, 0) is 19.5 Å². The van der Waals surface area contributed by atoms with Crippen molar-refractivity contribution in [3.05, 3.63) is 29.2 Å². The zero-order valence-corrected chi connectivity index (χ0v) is 13.0. The van der Waals surface area contributed by atoms with Gasteiger partial charge in [-0.15, -0.1) is 0 Å². The smallest absolute Gasteiger partial charge is 1.00 e. The predicted molar refractivity (Wildman–Crippen MR) is 56.2 cm³/mol. The fourth-order valence-corrected chi connectivity index (χ4v) is 1.32. The van der Waals surface area contributed by atoms with E-state index >= 15 is 0 Å². The zero-order valence-electron chi connectivity index (χ0n) is 9.30. The first kappa shape index (κ1) is 17.7. The molecule has 0 saturated heterocycles. The second kappa shape index (κ2) is 9.53. The molecule has 1 rings (SSSR count). The van der Waals surface area contributed by atoms with Crippen LogP contribution in [0.2, 0.25) is 0 Å². The SMILES string of the molecule is CCN(CCO)c1ccc([N+]#N)cc1.[Cl-].[Zn+2]. The Morgan fingerprint density at radius 2 is 1.88 bits per heavy atom. The van der Waals surface area contributed by atoms with Gasteiger partial charge >= 0.3 is 25.2 Å². The second-order valence-electron chi connectivity index (χ2n) is 2.92. The molecule has 0 aliphatic heterocycles. The Kier molecular flexibility index (Phi) is 10.5. The number of benzene rings is 1. The van der Waals surface area contributed by atoms with Crippen molar-refractivity contribution in [3.63, 3.8) is 0 Å². The molecule has 0 spiro atoms. The van der Waals surface area contributed by atoms with Crippen molar-refractivity contribution in [2.24, 2.45) is 0 Å². The van der Waals surface area contributed by atoms with Crippen molar-refractivity contribution >= 4 is 11.4 Å². The van der Waals surface area contributed by atoms with Crippen molar-refractivity contribution < 1.29 is 37.0 Å². The summed E-state index contributed by atoms with van der Waals surface area (Å²) in [6.45, 7) is 3.63. The van der Waals surface area contributed by atoms with Crippen molar-refractivity contribution in [1.82, 2.24) is 0 Å². The molecule has 0 fully saturated rings. The molecule has 1 aromatic rings. The Balaban J connectivity index is 0.